The van der Waals surface area contributed by atoms with E-state index < -0.39 is 11.9 Å². The van der Waals surface area contributed by atoms with E-state index in [0.29, 0.717) is 44.3 Å². The van der Waals surface area contributed by atoms with Gasteiger partial charge in [-0.3, -0.25) is 19.0 Å². The van der Waals surface area contributed by atoms with E-state index in [9.17, 15) is 14.4 Å². The minimum absolute atomic E-state index is 0.325. The molecule has 1 atom stereocenters. The highest BCUT2D eigenvalue weighted by atomic mass is 32.1. The zero-order valence-electron chi connectivity index (χ0n) is 16.6. The molecule has 0 aliphatic rings. The molecule has 2 aromatic heterocycles. The Labute approximate surface area is 171 Å². The van der Waals surface area contributed by atoms with Crippen molar-refractivity contribution < 1.29 is 14.3 Å². The van der Waals surface area contributed by atoms with Crippen molar-refractivity contribution in [3.63, 3.8) is 0 Å². The van der Waals surface area contributed by atoms with E-state index >= 15 is 0 Å². The number of rotatable bonds is 6. The summed E-state index contributed by atoms with van der Waals surface area (Å²) in [5.74, 6) is 0.00213. The number of ether oxygens (including phenoxy) is 1. The Balaban J connectivity index is 2.12. The summed E-state index contributed by atoms with van der Waals surface area (Å²) in [6.45, 7) is 5.10. The van der Waals surface area contributed by atoms with Gasteiger partial charge in [0.2, 0.25) is 5.91 Å². The van der Waals surface area contributed by atoms with Gasteiger partial charge in [0.15, 0.2) is 0 Å². The van der Waals surface area contributed by atoms with Crippen molar-refractivity contribution in [1.82, 2.24) is 9.55 Å². The number of carbonyl (C=O) groups excluding carboxylic acids is 2. The second kappa shape index (κ2) is 8.04. The van der Waals surface area contributed by atoms with Crippen molar-refractivity contribution in [3.05, 3.63) is 50.9 Å². The third-order valence-corrected chi connectivity index (χ3v) is 5.93. The number of hydrogen-bond acceptors (Lipinski definition) is 6. The molecule has 0 saturated heterocycles. The quantitative estimate of drug-likeness (QED) is 0.643. The van der Waals surface area contributed by atoms with Gasteiger partial charge in [-0.05, 0) is 31.5 Å². The van der Waals surface area contributed by atoms with E-state index in [1.165, 1.54) is 11.7 Å². The van der Waals surface area contributed by atoms with Crippen molar-refractivity contribution in [1.29, 1.82) is 0 Å². The Morgan fingerprint density at radius 2 is 2.03 bits per heavy atom. The molecule has 8 nitrogen and oxygen atoms in total. The van der Waals surface area contributed by atoms with Crippen LogP contribution in [0.2, 0.25) is 0 Å². The standard InChI is InChI=1S/C20H22N4O4S/c1-5-14-23-19-15(20(27)24(14)11(3)17(21)25)10(2)16(29-19)18(26)22-12-8-6-7-9-13(12)28-4/h6-9,11H,5H2,1-4H3,(H2,21,25)(H,22,26). The predicted octanol–water partition coefficient (Wildman–Crippen LogP) is 2.64. The average Bonchev–Trinajstić information content (AvgIpc) is 3.04. The van der Waals surface area contributed by atoms with E-state index in [4.69, 9.17) is 10.5 Å². The van der Waals surface area contributed by atoms with Crippen LogP contribution in [0, 0.1) is 6.92 Å². The summed E-state index contributed by atoms with van der Waals surface area (Å²) in [7, 11) is 1.52. The molecule has 3 N–H and O–H groups in total. The first-order valence-corrected chi connectivity index (χ1v) is 9.89. The lowest BCUT2D eigenvalue weighted by molar-refractivity contribution is -0.120. The second-order valence-corrected chi connectivity index (χ2v) is 7.52. The van der Waals surface area contributed by atoms with E-state index in [2.05, 4.69) is 10.3 Å². The summed E-state index contributed by atoms with van der Waals surface area (Å²) in [5.41, 5.74) is 6.08. The molecule has 2 amide bonds. The normalized spacial score (nSPS) is 12.0. The fourth-order valence-corrected chi connectivity index (χ4v) is 4.24. The fraction of sp³-hybridized carbons (Fsp3) is 0.300. The Morgan fingerprint density at radius 3 is 2.66 bits per heavy atom. The largest absolute Gasteiger partial charge is 0.495 e. The fourth-order valence-electron chi connectivity index (χ4n) is 3.16. The highest BCUT2D eigenvalue weighted by Gasteiger charge is 2.24. The number of carbonyl (C=O) groups is 2. The molecule has 0 bridgehead atoms. The van der Waals surface area contributed by atoms with Crippen LogP contribution in [0.4, 0.5) is 5.69 Å². The number of fused-ring (bicyclic) bond motifs is 1. The van der Waals surface area contributed by atoms with Crippen LogP contribution in [0.15, 0.2) is 29.1 Å². The van der Waals surface area contributed by atoms with Gasteiger partial charge < -0.3 is 15.8 Å². The van der Waals surface area contributed by atoms with Crippen LogP contribution in [0.25, 0.3) is 10.2 Å². The Kier molecular flexibility index (Phi) is 5.69. The number of methoxy groups -OCH3 is 1. The van der Waals surface area contributed by atoms with Gasteiger partial charge in [0.25, 0.3) is 11.5 Å². The van der Waals surface area contributed by atoms with Crippen molar-refractivity contribution in [2.45, 2.75) is 33.2 Å². The van der Waals surface area contributed by atoms with Crippen LogP contribution < -0.4 is 21.3 Å². The second-order valence-electron chi connectivity index (χ2n) is 6.53. The lowest BCUT2D eigenvalue weighted by Crippen LogP contribution is -2.34. The van der Waals surface area contributed by atoms with E-state index in [0.717, 1.165) is 11.3 Å². The summed E-state index contributed by atoms with van der Waals surface area (Å²) < 4.78 is 6.58. The number of amides is 2. The predicted molar refractivity (Wildman–Crippen MR) is 113 cm³/mol. The number of aromatic nitrogens is 2. The van der Waals surface area contributed by atoms with Gasteiger partial charge in [0, 0.05) is 6.42 Å². The molecule has 1 unspecified atom stereocenters. The number of nitrogens with two attached hydrogens (primary N) is 1. The molecule has 152 valence electrons. The van der Waals surface area contributed by atoms with E-state index in [-0.39, 0.29) is 11.5 Å². The Morgan fingerprint density at radius 1 is 1.34 bits per heavy atom. The van der Waals surface area contributed by atoms with Gasteiger partial charge in [-0.25, -0.2) is 4.98 Å². The lowest BCUT2D eigenvalue weighted by atomic mass is 10.2. The van der Waals surface area contributed by atoms with Gasteiger partial charge in [0.1, 0.15) is 22.4 Å². The number of para-hydroxylation sites is 2. The van der Waals surface area contributed by atoms with Gasteiger partial charge in [-0.1, -0.05) is 19.1 Å². The Hall–Kier alpha value is -3.20. The first-order chi connectivity index (χ1) is 13.8. The third-order valence-electron chi connectivity index (χ3n) is 4.75. The maximum atomic E-state index is 13.1. The number of anilines is 1. The molecule has 0 radical (unpaired) electrons. The monoisotopic (exact) mass is 414 g/mol. The smallest absolute Gasteiger partial charge is 0.266 e. The topological polar surface area (TPSA) is 116 Å². The van der Waals surface area contributed by atoms with Crippen molar-refractivity contribution >= 4 is 39.1 Å². The van der Waals surface area contributed by atoms with Crippen LogP contribution in [0.1, 0.15) is 40.9 Å². The number of aryl methyl sites for hydroxylation is 2. The number of hydrogen-bond donors (Lipinski definition) is 2. The first kappa shape index (κ1) is 20.5. The first-order valence-electron chi connectivity index (χ1n) is 9.08. The van der Waals surface area contributed by atoms with Crippen molar-refractivity contribution in [2.75, 3.05) is 12.4 Å². The molecule has 0 saturated carbocycles. The number of nitrogens with one attached hydrogen (secondary N) is 1. The third kappa shape index (κ3) is 3.61. The van der Waals surface area contributed by atoms with Crippen LogP contribution in [-0.4, -0.2) is 28.5 Å². The number of thiophene rings is 1. The average molecular weight is 414 g/mol. The SMILES string of the molecule is CCc1nc2sc(C(=O)Nc3ccccc3OC)c(C)c2c(=O)n1C(C)C(N)=O. The molecule has 2 heterocycles. The van der Waals surface area contributed by atoms with Crippen molar-refractivity contribution in [3.8, 4) is 5.75 Å². The maximum Gasteiger partial charge on any atom is 0.266 e. The molecule has 29 heavy (non-hydrogen) atoms. The maximum absolute atomic E-state index is 13.1. The number of benzene rings is 1. The molecule has 9 heteroatoms. The van der Waals surface area contributed by atoms with E-state index in [1.807, 2.05) is 6.92 Å². The van der Waals surface area contributed by atoms with Crippen LogP contribution in [0.5, 0.6) is 5.75 Å². The van der Waals surface area contributed by atoms with Gasteiger partial charge in [-0.2, -0.15) is 0 Å². The van der Waals surface area contributed by atoms with E-state index in [1.54, 1.807) is 38.1 Å². The molecule has 0 fully saturated rings. The van der Waals surface area contributed by atoms with Crippen LogP contribution >= 0.6 is 11.3 Å². The zero-order valence-corrected chi connectivity index (χ0v) is 17.4. The molecule has 0 aliphatic heterocycles. The lowest BCUT2D eigenvalue weighted by Gasteiger charge is -2.15. The number of nitrogens with zero attached hydrogens (tertiary/aromatic N) is 2. The molecule has 1 aromatic carbocycles. The van der Waals surface area contributed by atoms with Gasteiger partial charge in [0.05, 0.1) is 23.1 Å². The summed E-state index contributed by atoms with van der Waals surface area (Å²) in [4.78, 5) is 43.1. The summed E-state index contributed by atoms with van der Waals surface area (Å²) in [6, 6.07) is 6.23. The minimum Gasteiger partial charge on any atom is -0.495 e. The minimum atomic E-state index is -0.834. The van der Waals surface area contributed by atoms with Crippen LogP contribution in [0.3, 0.4) is 0 Å². The Bertz CT molecular complexity index is 1170. The molecular weight excluding hydrogens is 392 g/mol. The van der Waals surface area contributed by atoms with Gasteiger partial charge in [-0.15, -0.1) is 11.3 Å². The summed E-state index contributed by atoms with van der Waals surface area (Å²) in [6.07, 6.45) is 0.447. The molecule has 0 spiro atoms. The molecule has 3 aromatic rings. The zero-order chi connectivity index (χ0) is 21.3. The highest BCUT2D eigenvalue weighted by Crippen LogP contribution is 2.30. The molecule has 0 aliphatic carbocycles. The molecular formula is C20H22N4O4S. The van der Waals surface area contributed by atoms with Crippen LogP contribution in [-0.2, 0) is 11.2 Å². The molecule has 3 rings (SSSR count). The van der Waals surface area contributed by atoms with Gasteiger partial charge >= 0.3 is 0 Å². The summed E-state index contributed by atoms with van der Waals surface area (Å²) >= 11 is 1.14. The summed E-state index contributed by atoms with van der Waals surface area (Å²) in [5, 5.41) is 3.14. The highest BCUT2D eigenvalue weighted by molar-refractivity contribution is 7.20. The van der Waals surface area contributed by atoms with Crippen molar-refractivity contribution in [2.24, 2.45) is 5.73 Å². The number of primary amides is 1.